The van der Waals surface area contributed by atoms with Crippen LogP contribution in [-0.4, -0.2) is 30.6 Å². The Morgan fingerprint density at radius 3 is 2.56 bits per heavy atom. The summed E-state index contributed by atoms with van der Waals surface area (Å²) in [6.45, 7) is 1.88. The minimum atomic E-state index is -0.117. The lowest BCUT2D eigenvalue weighted by molar-refractivity contribution is -0.128. The van der Waals surface area contributed by atoms with Gasteiger partial charge in [-0.1, -0.05) is 6.42 Å². The van der Waals surface area contributed by atoms with Crippen molar-refractivity contribution in [3.8, 4) is 5.75 Å². The molecule has 1 aliphatic heterocycles. The van der Waals surface area contributed by atoms with Crippen molar-refractivity contribution in [1.29, 1.82) is 0 Å². The fraction of sp³-hybridized carbons (Fsp3) is 0.462. The molecule has 2 rings (SSSR count). The molecule has 0 unspecified atom stereocenters. The number of nitrogens with one attached hydrogen (secondary N) is 1. The smallest absolute Gasteiger partial charge is 0.272 e. The highest BCUT2D eigenvalue weighted by Gasteiger charge is 2.12. The van der Waals surface area contributed by atoms with Crippen LogP contribution in [0.25, 0.3) is 0 Å². The van der Waals surface area contributed by atoms with Gasteiger partial charge in [0.2, 0.25) is 0 Å². The number of piperidine rings is 1. The quantitative estimate of drug-likeness (QED) is 0.786. The Morgan fingerprint density at radius 2 is 1.89 bits per heavy atom. The second-order valence-electron chi connectivity index (χ2n) is 4.44. The molecule has 1 saturated heterocycles. The highest BCUT2D eigenvalue weighted by atomic mass is 16.5. The third kappa shape index (κ3) is 3.92. The summed E-state index contributed by atoms with van der Waals surface area (Å²) in [4.78, 5) is 11.6. The van der Waals surface area contributed by atoms with Gasteiger partial charge in [0, 0.05) is 18.8 Å². The summed E-state index contributed by atoms with van der Waals surface area (Å²) in [5.41, 5.74) is 9.09. The average molecular weight is 249 g/mol. The second-order valence-corrected chi connectivity index (χ2v) is 4.44. The number of hydrogen-bond donors (Lipinski definition) is 2. The number of ether oxygens (including phenoxy) is 1. The predicted octanol–water partition coefficient (Wildman–Crippen LogP) is 1.16. The van der Waals surface area contributed by atoms with E-state index in [9.17, 15) is 4.79 Å². The molecule has 0 aromatic heterocycles. The fourth-order valence-electron chi connectivity index (χ4n) is 1.93. The van der Waals surface area contributed by atoms with E-state index >= 15 is 0 Å². The Hall–Kier alpha value is -1.75. The molecule has 1 aromatic rings. The molecule has 0 radical (unpaired) electrons. The molecule has 98 valence electrons. The molecule has 0 spiro atoms. The molecule has 1 heterocycles. The number of nitrogen functional groups attached to an aromatic ring is 1. The summed E-state index contributed by atoms with van der Waals surface area (Å²) in [5, 5.41) is 1.96. The van der Waals surface area contributed by atoms with Crippen LogP contribution in [0, 0.1) is 0 Å². The lowest BCUT2D eigenvalue weighted by Gasteiger charge is -2.26. The molecule has 18 heavy (non-hydrogen) atoms. The lowest BCUT2D eigenvalue weighted by Crippen LogP contribution is -2.46. The van der Waals surface area contributed by atoms with Crippen molar-refractivity contribution in [3.05, 3.63) is 24.3 Å². The van der Waals surface area contributed by atoms with Crippen LogP contribution < -0.4 is 15.9 Å². The van der Waals surface area contributed by atoms with Crippen molar-refractivity contribution in [1.82, 2.24) is 10.4 Å². The van der Waals surface area contributed by atoms with E-state index < -0.39 is 0 Å². The van der Waals surface area contributed by atoms with Crippen LogP contribution in [0.3, 0.4) is 0 Å². The zero-order valence-corrected chi connectivity index (χ0v) is 10.4. The summed E-state index contributed by atoms with van der Waals surface area (Å²) in [7, 11) is 0. The second kappa shape index (κ2) is 6.26. The van der Waals surface area contributed by atoms with Gasteiger partial charge in [-0.15, -0.1) is 0 Å². The zero-order valence-electron chi connectivity index (χ0n) is 10.4. The Kier molecular flexibility index (Phi) is 4.41. The Balaban J connectivity index is 1.72. The van der Waals surface area contributed by atoms with Crippen LogP contribution in [0.1, 0.15) is 19.3 Å². The van der Waals surface area contributed by atoms with Gasteiger partial charge in [-0.05, 0) is 37.1 Å². The van der Waals surface area contributed by atoms with E-state index in [4.69, 9.17) is 10.5 Å². The van der Waals surface area contributed by atoms with Crippen LogP contribution >= 0.6 is 0 Å². The van der Waals surface area contributed by atoms with Gasteiger partial charge < -0.3 is 10.5 Å². The van der Waals surface area contributed by atoms with Gasteiger partial charge in [-0.2, -0.15) is 0 Å². The summed E-state index contributed by atoms with van der Waals surface area (Å²) in [5.74, 6) is 0.534. The Bertz CT molecular complexity index is 386. The van der Waals surface area contributed by atoms with Crippen molar-refractivity contribution in [2.75, 3.05) is 25.4 Å². The number of hydrogen-bond acceptors (Lipinski definition) is 4. The SMILES string of the molecule is Nc1ccc(OCC(=O)NN2CCCCC2)cc1. The molecular formula is C13H19N3O2. The van der Waals surface area contributed by atoms with Gasteiger partial charge in [-0.25, -0.2) is 5.01 Å². The number of amides is 1. The number of benzene rings is 1. The molecule has 0 bridgehead atoms. The predicted molar refractivity (Wildman–Crippen MR) is 69.9 cm³/mol. The summed E-state index contributed by atoms with van der Waals surface area (Å²) < 4.78 is 5.37. The van der Waals surface area contributed by atoms with Gasteiger partial charge in [0.15, 0.2) is 6.61 Å². The average Bonchev–Trinajstić information content (AvgIpc) is 2.39. The van der Waals surface area contributed by atoms with Crippen molar-refractivity contribution >= 4 is 11.6 Å². The molecular weight excluding hydrogens is 230 g/mol. The number of rotatable bonds is 4. The monoisotopic (exact) mass is 249 g/mol. The van der Waals surface area contributed by atoms with Crippen molar-refractivity contribution in [2.24, 2.45) is 0 Å². The molecule has 1 fully saturated rings. The maximum absolute atomic E-state index is 11.6. The van der Waals surface area contributed by atoms with E-state index in [1.54, 1.807) is 24.3 Å². The molecule has 5 nitrogen and oxygen atoms in total. The molecule has 1 aliphatic rings. The third-order valence-corrected chi connectivity index (χ3v) is 2.89. The highest BCUT2D eigenvalue weighted by molar-refractivity contribution is 5.77. The van der Waals surface area contributed by atoms with Crippen LogP contribution in [0.15, 0.2) is 24.3 Å². The first-order valence-electron chi connectivity index (χ1n) is 6.27. The Labute approximate surface area is 107 Å². The van der Waals surface area contributed by atoms with Crippen molar-refractivity contribution in [2.45, 2.75) is 19.3 Å². The van der Waals surface area contributed by atoms with Crippen LogP contribution in [-0.2, 0) is 4.79 Å². The maximum atomic E-state index is 11.6. The van der Waals surface area contributed by atoms with Gasteiger partial charge >= 0.3 is 0 Å². The summed E-state index contributed by atoms with van der Waals surface area (Å²) in [6, 6.07) is 7.00. The first-order chi connectivity index (χ1) is 8.74. The standard InChI is InChI=1S/C13H19N3O2/c14-11-4-6-12(7-5-11)18-10-13(17)15-16-8-2-1-3-9-16/h4-7H,1-3,8-10,14H2,(H,15,17). The van der Waals surface area contributed by atoms with E-state index in [-0.39, 0.29) is 12.5 Å². The summed E-state index contributed by atoms with van der Waals surface area (Å²) in [6.07, 6.45) is 3.52. The first-order valence-corrected chi connectivity index (χ1v) is 6.27. The van der Waals surface area contributed by atoms with Crippen LogP contribution in [0.4, 0.5) is 5.69 Å². The van der Waals surface area contributed by atoms with Crippen LogP contribution in [0.5, 0.6) is 5.75 Å². The molecule has 0 saturated carbocycles. The lowest BCUT2D eigenvalue weighted by atomic mass is 10.2. The van der Waals surface area contributed by atoms with Crippen molar-refractivity contribution < 1.29 is 9.53 Å². The van der Waals surface area contributed by atoms with Gasteiger partial charge in [0.05, 0.1) is 0 Å². The topological polar surface area (TPSA) is 67.6 Å². The van der Waals surface area contributed by atoms with E-state index in [0.717, 1.165) is 25.9 Å². The van der Waals surface area contributed by atoms with E-state index in [0.29, 0.717) is 11.4 Å². The number of carbonyl (C=O) groups excluding carboxylic acids is 1. The fourth-order valence-corrected chi connectivity index (χ4v) is 1.93. The number of anilines is 1. The number of nitrogens with zero attached hydrogens (tertiary/aromatic N) is 1. The van der Waals surface area contributed by atoms with Gasteiger partial charge in [0.25, 0.3) is 5.91 Å². The molecule has 5 heteroatoms. The number of carbonyl (C=O) groups is 1. The van der Waals surface area contributed by atoms with E-state index in [1.807, 2.05) is 5.01 Å². The van der Waals surface area contributed by atoms with E-state index in [2.05, 4.69) is 5.43 Å². The molecule has 1 aromatic carbocycles. The molecule has 0 aliphatic carbocycles. The van der Waals surface area contributed by atoms with E-state index in [1.165, 1.54) is 6.42 Å². The first kappa shape index (κ1) is 12.7. The maximum Gasteiger partial charge on any atom is 0.272 e. The van der Waals surface area contributed by atoms with Gasteiger partial charge in [0.1, 0.15) is 5.75 Å². The highest BCUT2D eigenvalue weighted by Crippen LogP contribution is 2.12. The normalized spacial score (nSPS) is 16.2. The van der Waals surface area contributed by atoms with Crippen LogP contribution in [0.2, 0.25) is 0 Å². The largest absolute Gasteiger partial charge is 0.484 e. The summed E-state index contributed by atoms with van der Waals surface area (Å²) >= 11 is 0. The van der Waals surface area contributed by atoms with Gasteiger partial charge in [-0.3, -0.25) is 10.2 Å². The molecule has 0 atom stereocenters. The zero-order chi connectivity index (χ0) is 12.8. The number of hydrazine groups is 1. The minimum Gasteiger partial charge on any atom is -0.484 e. The minimum absolute atomic E-state index is 0.0282. The molecule has 1 amide bonds. The molecule has 3 N–H and O–H groups in total. The van der Waals surface area contributed by atoms with Crippen molar-refractivity contribution in [3.63, 3.8) is 0 Å². The third-order valence-electron chi connectivity index (χ3n) is 2.89. The number of nitrogens with two attached hydrogens (primary N) is 1. The Morgan fingerprint density at radius 1 is 1.22 bits per heavy atom.